The number of carbonyl (C=O) groups is 1. The molecule has 2 aromatic carbocycles. The Bertz CT molecular complexity index is 1060. The summed E-state index contributed by atoms with van der Waals surface area (Å²) in [5, 5.41) is 16.8. The predicted molar refractivity (Wildman–Crippen MR) is 120 cm³/mol. The fourth-order valence-electron chi connectivity index (χ4n) is 4.81. The van der Waals surface area contributed by atoms with Gasteiger partial charge < -0.3 is 25.5 Å². The van der Waals surface area contributed by atoms with Gasteiger partial charge in [-0.1, -0.05) is 23.9 Å². The molecular weight excluding hydrogens is 453 g/mol. The van der Waals surface area contributed by atoms with Gasteiger partial charge in [-0.3, -0.25) is 0 Å². The van der Waals surface area contributed by atoms with E-state index in [9.17, 15) is 23.1 Å². The third kappa shape index (κ3) is 4.51. The smallest absolute Gasteiger partial charge is 0.390 e. The molecule has 0 aliphatic carbocycles. The molecule has 3 aliphatic rings. The molecule has 3 heterocycles. The number of para-hydroxylation sites is 1. The van der Waals surface area contributed by atoms with Crippen LogP contribution < -0.4 is 15.5 Å². The van der Waals surface area contributed by atoms with E-state index >= 15 is 0 Å². The third-order valence-electron chi connectivity index (χ3n) is 6.59. The third-order valence-corrected chi connectivity index (χ3v) is 7.72. The lowest BCUT2D eigenvalue weighted by Gasteiger charge is -2.40. The Kier molecular flexibility index (Phi) is 5.70. The SMILES string of the molecule is O=C1NCC2(CCN(CC(O)CN3c4ccccc4Sc4ccc(C(F)(F)F)cc43)CC2)N1. The molecule has 1 atom stereocenters. The van der Waals surface area contributed by atoms with E-state index in [0.717, 1.165) is 47.5 Å². The van der Waals surface area contributed by atoms with Crippen molar-refractivity contribution < 1.29 is 23.1 Å². The summed E-state index contributed by atoms with van der Waals surface area (Å²) in [6.45, 7) is 2.69. The van der Waals surface area contributed by atoms with Gasteiger partial charge >= 0.3 is 12.2 Å². The van der Waals surface area contributed by atoms with Crippen molar-refractivity contribution in [2.75, 3.05) is 37.6 Å². The molecule has 1 spiro atoms. The van der Waals surface area contributed by atoms with Gasteiger partial charge in [0.2, 0.25) is 0 Å². The first-order chi connectivity index (χ1) is 15.7. The molecule has 0 bridgehead atoms. The lowest BCUT2D eigenvalue weighted by atomic mass is 9.88. The highest BCUT2D eigenvalue weighted by atomic mass is 32.2. The maximum absolute atomic E-state index is 13.4. The van der Waals surface area contributed by atoms with Gasteiger partial charge in [0.25, 0.3) is 0 Å². The molecule has 0 radical (unpaired) electrons. The first kappa shape index (κ1) is 22.4. The number of hydrogen-bond acceptors (Lipinski definition) is 5. The standard InChI is InChI=1S/C23H25F3N4O2S/c24-23(25,26)15-5-6-20-18(11-15)30(17-3-1-2-4-19(17)33-20)13-16(31)12-29-9-7-22(8-10-29)14-27-21(32)28-22/h1-6,11,16,31H,7-10,12-14H2,(H2,27,28,32). The Labute approximate surface area is 194 Å². The Morgan fingerprint density at radius 1 is 1.06 bits per heavy atom. The van der Waals surface area contributed by atoms with Crippen molar-refractivity contribution in [2.45, 2.75) is 40.5 Å². The minimum atomic E-state index is -4.44. The molecule has 6 nitrogen and oxygen atoms in total. The highest BCUT2D eigenvalue weighted by molar-refractivity contribution is 7.99. The zero-order chi connectivity index (χ0) is 23.2. The molecule has 2 aromatic rings. The molecule has 1 unspecified atom stereocenters. The van der Waals surface area contributed by atoms with E-state index < -0.39 is 17.8 Å². The summed E-state index contributed by atoms with van der Waals surface area (Å²) in [6, 6.07) is 11.2. The van der Waals surface area contributed by atoms with Crippen molar-refractivity contribution in [3.63, 3.8) is 0 Å². The predicted octanol–water partition coefficient (Wildman–Crippen LogP) is 3.82. The summed E-state index contributed by atoms with van der Waals surface area (Å²) in [6.07, 6.45) is -3.61. The number of hydrogen-bond donors (Lipinski definition) is 3. The van der Waals surface area contributed by atoms with Gasteiger partial charge in [-0.2, -0.15) is 13.2 Å². The Morgan fingerprint density at radius 2 is 1.79 bits per heavy atom. The first-order valence-corrected chi connectivity index (χ1v) is 11.8. The van der Waals surface area contributed by atoms with Crippen molar-refractivity contribution in [3.05, 3.63) is 48.0 Å². The summed E-state index contributed by atoms with van der Waals surface area (Å²) in [5.41, 5.74) is 0.346. The van der Waals surface area contributed by atoms with Gasteiger partial charge in [-0.15, -0.1) is 0 Å². The van der Waals surface area contributed by atoms with Gasteiger partial charge in [-0.05, 0) is 43.2 Å². The highest BCUT2D eigenvalue weighted by Crippen LogP contribution is 2.49. The van der Waals surface area contributed by atoms with Crippen molar-refractivity contribution in [2.24, 2.45) is 0 Å². The second-order valence-corrected chi connectivity index (χ2v) is 9.99. The Balaban J connectivity index is 1.32. The van der Waals surface area contributed by atoms with E-state index in [-0.39, 0.29) is 18.1 Å². The number of anilines is 2. The number of fused-ring (bicyclic) bond motifs is 2. The number of likely N-dealkylation sites (tertiary alicyclic amines) is 1. The van der Waals surface area contributed by atoms with Crippen molar-refractivity contribution in [1.29, 1.82) is 0 Å². The van der Waals surface area contributed by atoms with Crippen LogP contribution in [0.5, 0.6) is 0 Å². The topological polar surface area (TPSA) is 67.8 Å². The minimum absolute atomic E-state index is 0.137. The van der Waals surface area contributed by atoms with E-state index in [1.165, 1.54) is 23.9 Å². The number of halogens is 3. The largest absolute Gasteiger partial charge is 0.416 e. The molecule has 33 heavy (non-hydrogen) atoms. The second-order valence-electron chi connectivity index (χ2n) is 8.90. The molecule has 5 rings (SSSR count). The number of amides is 2. The number of carbonyl (C=O) groups excluding carboxylic acids is 1. The molecule has 0 saturated carbocycles. The van der Waals surface area contributed by atoms with Crippen LogP contribution in [0.1, 0.15) is 18.4 Å². The normalized spacial score (nSPS) is 20.7. The average molecular weight is 479 g/mol. The number of rotatable bonds is 4. The molecule has 2 fully saturated rings. The Morgan fingerprint density at radius 3 is 2.48 bits per heavy atom. The molecule has 3 N–H and O–H groups in total. The lowest BCUT2D eigenvalue weighted by Crippen LogP contribution is -2.54. The van der Waals surface area contributed by atoms with Gasteiger partial charge in [0.1, 0.15) is 0 Å². The van der Waals surface area contributed by atoms with E-state index in [2.05, 4.69) is 15.5 Å². The summed E-state index contributed by atoms with van der Waals surface area (Å²) in [4.78, 5) is 17.2. The van der Waals surface area contributed by atoms with Crippen LogP contribution in [-0.4, -0.2) is 60.4 Å². The summed E-state index contributed by atoms with van der Waals surface area (Å²) in [5.74, 6) is 0. The second kappa shape index (κ2) is 8.41. The summed E-state index contributed by atoms with van der Waals surface area (Å²) < 4.78 is 40.2. The molecule has 176 valence electrons. The molecular formula is C23H25F3N4O2S. The number of alkyl halides is 3. The van der Waals surface area contributed by atoms with Gasteiger partial charge in [0, 0.05) is 36.0 Å². The minimum Gasteiger partial charge on any atom is -0.390 e. The number of β-amino-alcohol motifs (C(OH)–C–C–N with tert-alkyl or cyclic N) is 1. The van der Waals surface area contributed by atoms with Crippen LogP contribution in [0.2, 0.25) is 0 Å². The first-order valence-electron chi connectivity index (χ1n) is 10.9. The molecule has 0 aromatic heterocycles. The van der Waals surface area contributed by atoms with Crippen molar-refractivity contribution in [1.82, 2.24) is 15.5 Å². The summed E-state index contributed by atoms with van der Waals surface area (Å²) in [7, 11) is 0. The van der Waals surface area contributed by atoms with E-state index in [4.69, 9.17) is 0 Å². The van der Waals surface area contributed by atoms with Crippen LogP contribution in [-0.2, 0) is 6.18 Å². The Hall–Kier alpha value is -2.43. The zero-order valence-corrected chi connectivity index (χ0v) is 18.7. The van der Waals surface area contributed by atoms with Crippen LogP contribution in [0.15, 0.2) is 52.3 Å². The van der Waals surface area contributed by atoms with Crippen molar-refractivity contribution in [3.8, 4) is 0 Å². The van der Waals surface area contributed by atoms with Gasteiger partial charge in [0.15, 0.2) is 0 Å². The van der Waals surface area contributed by atoms with Crippen LogP contribution in [0, 0.1) is 0 Å². The number of nitrogens with one attached hydrogen (secondary N) is 2. The van der Waals surface area contributed by atoms with Gasteiger partial charge in [-0.25, -0.2) is 4.79 Å². The number of aliphatic hydroxyl groups is 1. The van der Waals surface area contributed by atoms with E-state index in [1.807, 2.05) is 24.3 Å². The monoisotopic (exact) mass is 478 g/mol. The molecule has 3 aliphatic heterocycles. The van der Waals surface area contributed by atoms with Crippen LogP contribution in [0.3, 0.4) is 0 Å². The van der Waals surface area contributed by atoms with Crippen molar-refractivity contribution >= 4 is 29.2 Å². The van der Waals surface area contributed by atoms with Crippen LogP contribution in [0.4, 0.5) is 29.3 Å². The fourth-order valence-corrected chi connectivity index (χ4v) is 5.89. The molecule has 10 heteroatoms. The van der Waals surface area contributed by atoms with Crippen LogP contribution >= 0.6 is 11.8 Å². The highest BCUT2D eigenvalue weighted by Gasteiger charge is 2.40. The number of benzene rings is 2. The van der Waals surface area contributed by atoms with Gasteiger partial charge in [0.05, 0.1) is 35.1 Å². The maximum Gasteiger partial charge on any atom is 0.416 e. The van der Waals surface area contributed by atoms with E-state index in [0.29, 0.717) is 18.8 Å². The number of aliphatic hydroxyl groups excluding tert-OH is 1. The lowest BCUT2D eigenvalue weighted by molar-refractivity contribution is -0.137. The zero-order valence-electron chi connectivity index (χ0n) is 17.9. The number of nitrogens with zero attached hydrogens (tertiary/aromatic N) is 2. The number of urea groups is 1. The number of piperidine rings is 1. The summed E-state index contributed by atoms with van der Waals surface area (Å²) >= 11 is 1.44. The van der Waals surface area contributed by atoms with E-state index in [1.54, 1.807) is 4.90 Å². The maximum atomic E-state index is 13.4. The fraction of sp³-hybridized carbons (Fsp3) is 0.435. The van der Waals surface area contributed by atoms with Crippen LogP contribution in [0.25, 0.3) is 0 Å². The molecule has 2 saturated heterocycles. The quantitative estimate of drug-likeness (QED) is 0.624. The molecule has 2 amide bonds. The average Bonchev–Trinajstić information content (AvgIpc) is 3.14.